The number of carboxylic acids is 3. The van der Waals surface area contributed by atoms with E-state index in [0.29, 0.717) is 6.42 Å². The lowest BCUT2D eigenvalue weighted by Gasteiger charge is -2.32. The fraction of sp³-hybridized carbons (Fsp3) is 0.704. The number of amides is 21. The third kappa shape index (κ3) is 41.9. The van der Waals surface area contributed by atoms with Gasteiger partial charge in [0.15, 0.2) is 0 Å². The molecule has 0 bridgehead atoms. The third-order valence-electron chi connectivity index (χ3n) is 20.9. The molecule has 756 valence electrons. The maximum absolute atomic E-state index is 14.6. The van der Waals surface area contributed by atoms with Gasteiger partial charge in [0.05, 0.1) is 83.8 Å². The van der Waals surface area contributed by atoms with Crippen LogP contribution in [0.4, 0.5) is 0 Å². The maximum Gasteiger partial charge on any atom is 0.326 e. The highest BCUT2D eigenvalue weighted by molar-refractivity contribution is 6.03. The van der Waals surface area contributed by atoms with Crippen LogP contribution in [0.15, 0.2) is 0 Å². The Hall–Kier alpha value is -12.9. The van der Waals surface area contributed by atoms with Crippen LogP contribution in [0.2, 0.25) is 0 Å². The Labute approximate surface area is 772 Å². The van der Waals surface area contributed by atoms with Crippen molar-refractivity contribution >= 4 is 142 Å². The van der Waals surface area contributed by atoms with Gasteiger partial charge in [0.1, 0.15) is 90.6 Å². The fourth-order valence-electron chi connectivity index (χ4n) is 13.0. The van der Waals surface area contributed by atoms with Gasteiger partial charge in [0, 0.05) is 6.54 Å². The van der Waals surface area contributed by atoms with E-state index in [9.17, 15) is 151 Å². The minimum absolute atomic E-state index is 0.0128. The molecule has 21 amide bonds. The molecule has 134 heavy (non-hydrogen) atoms. The number of likely N-dealkylation sites (tertiary alicyclic amines) is 1. The van der Waals surface area contributed by atoms with Gasteiger partial charge in [-0.25, -0.2) is 4.79 Å². The molecular weight excluding hydrogens is 1780 g/mol. The van der Waals surface area contributed by atoms with E-state index >= 15 is 0 Å². The number of hydrogen-bond acceptors (Lipinski definition) is 29. The topological polar surface area (TPSA) is 849 Å². The number of carboxylic acid groups (broad SMARTS) is 3. The second kappa shape index (κ2) is 58.9. The first-order chi connectivity index (χ1) is 62.4. The van der Waals surface area contributed by atoms with E-state index in [1.165, 1.54) is 48.5 Å². The fourth-order valence-corrected chi connectivity index (χ4v) is 13.0. The molecule has 0 spiro atoms. The molecule has 0 unspecified atom stereocenters. The predicted octanol–water partition coefficient (Wildman–Crippen LogP) is -12.1. The highest BCUT2D eigenvalue weighted by atomic mass is 16.4. The van der Waals surface area contributed by atoms with Gasteiger partial charge in [-0.2, -0.15) is 0 Å². The van der Waals surface area contributed by atoms with Gasteiger partial charge in [-0.3, -0.25) is 110 Å². The average Bonchev–Trinajstić information content (AvgIpc) is 1.67. The number of primary amides is 2. The molecular formula is C81H136N22O31. The van der Waals surface area contributed by atoms with Gasteiger partial charge in [0.25, 0.3) is 0 Å². The highest BCUT2D eigenvalue weighted by Crippen LogP contribution is 2.23. The first kappa shape index (κ1) is 119. The molecule has 19 atom stereocenters. The molecule has 53 heteroatoms. The van der Waals surface area contributed by atoms with Crippen LogP contribution in [0, 0.1) is 41.4 Å². The summed E-state index contributed by atoms with van der Waals surface area (Å²) in [5, 5.41) is 111. The van der Waals surface area contributed by atoms with E-state index in [1.54, 1.807) is 48.5 Å². The van der Waals surface area contributed by atoms with Crippen LogP contribution in [0.5, 0.6) is 0 Å². The minimum Gasteiger partial charge on any atom is -0.481 e. The van der Waals surface area contributed by atoms with Crippen molar-refractivity contribution in [3.8, 4) is 0 Å². The van der Waals surface area contributed by atoms with Gasteiger partial charge in [0.2, 0.25) is 124 Å². The molecule has 53 nitrogen and oxygen atoms in total. The molecule has 0 aromatic heterocycles. The lowest BCUT2D eigenvalue weighted by molar-refractivity contribution is -0.144. The second-order valence-corrected chi connectivity index (χ2v) is 34.2. The van der Waals surface area contributed by atoms with Gasteiger partial charge in [-0.15, -0.1) is 0 Å². The summed E-state index contributed by atoms with van der Waals surface area (Å²) < 4.78 is 0. The molecule has 1 saturated heterocycles. The van der Waals surface area contributed by atoms with Crippen molar-refractivity contribution in [2.45, 2.75) is 271 Å². The van der Waals surface area contributed by atoms with E-state index < -0.39 is 352 Å². The van der Waals surface area contributed by atoms with Gasteiger partial charge in [-0.05, 0) is 74.0 Å². The van der Waals surface area contributed by atoms with Crippen LogP contribution in [-0.4, -0.2) is 338 Å². The van der Waals surface area contributed by atoms with E-state index in [4.69, 9.17) is 17.2 Å². The molecule has 0 radical (unpaired) electrons. The zero-order chi connectivity index (χ0) is 103. The average molecular weight is 1910 g/mol. The molecule has 31 N–H and O–H groups in total. The first-order valence-electron chi connectivity index (χ1n) is 43.5. The largest absolute Gasteiger partial charge is 0.481 e. The zero-order valence-corrected chi connectivity index (χ0v) is 77.7. The van der Waals surface area contributed by atoms with Gasteiger partial charge >= 0.3 is 17.9 Å². The number of carbonyl (C=O) groups is 24. The number of carbonyl (C=O) groups excluding carboxylic acids is 21. The molecule has 1 heterocycles. The van der Waals surface area contributed by atoms with Crippen LogP contribution >= 0.6 is 0 Å². The summed E-state index contributed by atoms with van der Waals surface area (Å²) in [6.07, 6.45) is -4.77. The number of aliphatic hydroxyl groups is 4. The molecule has 0 saturated carbocycles. The Morgan fingerprint density at radius 1 is 0.336 bits per heavy atom. The number of hydrogen-bond donors (Lipinski definition) is 28. The summed E-state index contributed by atoms with van der Waals surface area (Å²) in [6, 6.07) is -26.1. The van der Waals surface area contributed by atoms with Gasteiger partial charge in [-0.1, -0.05) is 110 Å². The van der Waals surface area contributed by atoms with Crippen molar-refractivity contribution in [3.05, 3.63) is 0 Å². The monoisotopic (exact) mass is 1910 g/mol. The Kier molecular flexibility index (Phi) is 52.3. The first-order valence-corrected chi connectivity index (χ1v) is 43.5. The number of rotatable bonds is 61. The normalized spacial score (nSPS) is 16.4. The maximum atomic E-state index is 14.6. The summed E-state index contributed by atoms with van der Waals surface area (Å²) in [7, 11) is 0. The Bertz CT molecular complexity index is 4150. The van der Waals surface area contributed by atoms with Crippen molar-refractivity contribution in [3.63, 3.8) is 0 Å². The number of nitrogens with two attached hydrogens (primary N) is 3. The molecule has 1 aliphatic rings. The summed E-state index contributed by atoms with van der Waals surface area (Å²) in [5.74, 6) is -31.7. The van der Waals surface area contributed by atoms with Crippen molar-refractivity contribution in [2.24, 2.45) is 58.6 Å². The standard InChI is InChI=1S/C81H136N22O31/c1-16-39(13)63(78(130)95-50(33-106)73(125)94-48(31-104)69(121)87-28-55(111)98-61(37(9)10)77(129)93-47(81(133)134)24-53(84)109)99-56(112)30-88-75(127)65(41(15)107)100-57(113)29-85-67(119)43(21-34(3)4)91-74(126)51-19-18-20-103(51)80(132)62(38(11)12)101-71(123)46(26-59(116)117)92-76(128)60(36(7)8)97-54(110)27-86-68(120)45(25-58(114)115)90-70(122)44(22-35(5)6)89-72(124)49(32-105)96-79(131)64(40(14)17-2)102-66(118)42(82)23-52(83)108/h34-51,60-65,104-107H,16-33,82H2,1-15H3,(H2,83,108)(H2,84,109)(H,85,119)(H,86,120)(H,87,121)(H,88,127)(H,89,124)(H,90,122)(H,91,126)(H,92,128)(H,93,129)(H,94,125)(H,95,130)(H,96,131)(H,97,110)(H,98,111)(H,99,112)(H,100,113)(H,101,123)(H,102,118)(H,114,115)(H,116,117)(H,133,134)/t39-,40-,41+,42-,43-,44-,45-,46-,47-,48-,49-,50-,51-,60-,61-,62-,63-,64-,65-/m0/s1. The minimum atomic E-state index is -1.97. The van der Waals surface area contributed by atoms with E-state index in [1.807, 2.05) is 0 Å². The van der Waals surface area contributed by atoms with Crippen LogP contribution < -0.4 is 113 Å². The molecule has 1 aliphatic heterocycles. The van der Waals surface area contributed by atoms with E-state index in [-0.39, 0.29) is 44.6 Å². The SMILES string of the molecule is CC[C@H](C)[C@H](NC(=O)CNC(=O)[C@@H](NC(=O)CNC(=O)[C@H](CC(C)C)NC(=O)[C@@H]1CCCN1C(=O)[C@@H](NC(=O)[C@H](CC(=O)O)NC(=O)[C@@H](NC(=O)CNC(=O)[C@H](CC(=O)O)NC(=O)[C@H](CC(C)C)NC(=O)[C@H](CO)NC(=O)[C@@H](NC(=O)[C@@H](N)CC(N)=O)[C@@H](C)CC)C(C)C)C(C)C)[C@@H](C)O)C(=O)N[C@@H](CO)C(=O)N[C@@H](CO)C(=O)NCC(=O)N[C@H](C(=O)N[C@@H](CC(N)=O)C(=O)O)C(C)C. The summed E-state index contributed by atoms with van der Waals surface area (Å²) in [4.78, 5) is 318. The molecule has 0 aromatic rings. The van der Waals surface area contributed by atoms with E-state index in [2.05, 4.69) is 95.7 Å². The third-order valence-corrected chi connectivity index (χ3v) is 20.9. The zero-order valence-electron chi connectivity index (χ0n) is 77.7. The Morgan fingerprint density at radius 2 is 0.642 bits per heavy atom. The summed E-state index contributed by atoms with van der Waals surface area (Å²) >= 11 is 0. The van der Waals surface area contributed by atoms with Crippen LogP contribution in [0.25, 0.3) is 0 Å². The molecule has 0 aromatic carbocycles. The lowest BCUT2D eigenvalue weighted by atomic mass is 9.97. The van der Waals surface area contributed by atoms with Crippen LogP contribution in [0.1, 0.15) is 168 Å². The number of aliphatic carboxylic acids is 3. The summed E-state index contributed by atoms with van der Waals surface area (Å²) in [6.45, 7) is 15.8. The van der Waals surface area contributed by atoms with Crippen molar-refractivity contribution in [2.75, 3.05) is 52.5 Å². The van der Waals surface area contributed by atoms with Crippen LogP contribution in [0.3, 0.4) is 0 Å². The smallest absolute Gasteiger partial charge is 0.326 e. The predicted molar refractivity (Wildman–Crippen MR) is 467 cm³/mol. The number of aliphatic hydroxyl groups excluding tert-OH is 4. The lowest BCUT2D eigenvalue weighted by Crippen LogP contribution is -2.61. The van der Waals surface area contributed by atoms with Crippen LogP contribution in [-0.2, 0) is 115 Å². The number of nitrogens with one attached hydrogen (secondary N) is 18. The van der Waals surface area contributed by atoms with Gasteiger partial charge < -0.3 is 154 Å². The molecule has 0 aliphatic carbocycles. The molecule has 1 fully saturated rings. The number of nitrogens with zero attached hydrogens (tertiary/aromatic N) is 1. The molecule has 1 rings (SSSR count). The highest BCUT2D eigenvalue weighted by Gasteiger charge is 2.44. The Balaban J connectivity index is 3.21. The quantitative estimate of drug-likeness (QED) is 0.0269. The summed E-state index contributed by atoms with van der Waals surface area (Å²) in [5.41, 5.74) is 16.0. The van der Waals surface area contributed by atoms with Crippen molar-refractivity contribution in [1.29, 1.82) is 0 Å². The van der Waals surface area contributed by atoms with E-state index in [0.717, 1.165) is 11.8 Å². The van der Waals surface area contributed by atoms with Crippen molar-refractivity contribution < 1.29 is 151 Å². The Morgan fingerprint density at radius 3 is 1.02 bits per heavy atom. The van der Waals surface area contributed by atoms with Crippen molar-refractivity contribution in [1.82, 2.24) is 101 Å². The second-order valence-electron chi connectivity index (χ2n) is 34.2.